The van der Waals surface area contributed by atoms with Gasteiger partial charge in [-0.25, -0.2) is 9.97 Å². The molecule has 3 aromatic rings. The van der Waals surface area contributed by atoms with Crippen molar-refractivity contribution < 1.29 is 9.84 Å². The maximum absolute atomic E-state index is 9.80. The van der Waals surface area contributed by atoms with Gasteiger partial charge in [0.2, 0.25) is 0 Å². The van der Waals surface area contributed by atoms with Crippen LogP contribution >= 0.6 is 11.3 Å². The van der Waals surface area contributed by atoms with E-state index < -0.39 is 5.60 Å². The third-order valence-corrected chi connectivity index (χ3v) is 6.29. The summed E-state index contributed by atoms with van der Waals surface area (Å²) >= 11 is 1.69. The van der Waals surface area contributed by atoms with Gasteiger partial charge < -0.3 is 20.9 Å². The van der Waals surface area contributed by atoms with E-state index in [1.165, 1.54) is 12.8 Å². The molecule has 1 unspecified atom stereocenters. The Morgan fingerprint density at radius 3 is 2.91 bits per heavy atom. The minimum Gasteiger partial charge on any atom is -0.485 e. The molecule has 6 nitrogen and oxygen atoms in total. The monoisotopic (exact) mass is 448 g/mol. The van der Waals surface area contributed by atoms with Crippen molar-refractivity contribution in [1.82, 2.24) is 15.3 Å². The van der Waals surface area contributed by atoms with Crippen LogP contribution in [0.3, 0.4) is 0 Å². The lowest BCUT2D eigenvalue weighted by molar-refractivity contribution is 0.143. The molecule has 32 heavy (non-hydrogen) atoms. The molecule has 1 aromatic carbocycles. The van der Waals surface area contributed by atoms with Crippen LogP contribution in [0.15, 0.2) is 42.7 Å². The second-order valence-electron chi connectivity index (χ2n) is 8.47. The summed E-state index contributed by atoms with van der Waals surface area (Å²) in [5.74, 6) is 6.71. The number of nitrogens with two attached hydrogens (primary N) is 1. The first kappa shape index (κ1) is 22.3. The van der Waals surface area contributed by atoms with Gasteiger partial charge in [-0.1, -0.05) is 30.4 Å². The van der Waals surface area contributed by atoms with Crippen LogP contribution in [-0.2, 0) is 6.61 Å². The summed E-state index contributed by atoms with van der Waals surface area (Å²) < 4.78 is 6.00. The van der Waals surface area contributed by atoms with E-state index in [0.717, 1.165) is 39.5 Å². The van der Waals surface area contributed by atoms with Crippen molar-refractivity contribution in [1.29, 1.82) is 0 Å². The zero-order valence-corrected chi connectivity index (χ0v) is 19.2. The standard InChI is InChI=1S/C25H28N4O2S/c1-25(2,30)10-9-17-6-5-7-18(12-17)16-31-21-13-19(14-28-23(21)26)22-15-29-24(32-22)20-8-3-4-11-27-20/h5-7,12-15,20,27,30H,3-4,8,11,16H2,1-2H3,(H2,26,28). The number of rotatable bonds is 5. The molecule has 3 heterocycles. The molecule has 0 bridgehead atoms. The van der Waals surface area contributed by atoms with Gasteiger partial charge in [0.15, 0.2) is 11.6 Å². The van der Waals surface area contributed by atoms with Crippen LogP contribution in [0.25, 0.3) is 10.4 Å². The molecule has 1 aliphatic rings. The number of nitrogens with zero attached hydrogens (tertiary/aromatic N) is 2. The molecule has 1 saturated heterocycles. The number of ether oxygens (including phenoxy) is 1. The van der Waals surface area contributed by atoms with Gasteiger partial charge in [-0.3, -0.25) is 0 Å². The largest absolute Gasteiger partial charge is 0.485 e. The van der Waals surface area contributed by atoms with Crippen molar-refractivity contribution in [3.63, 3.8) is 0 Å². The summed E-state index contributed by atoms with van der Waals surface area (Å²) in [6, 6.07) is 10.00. The molecular formula is C25H28N4O2S. The molecule has 2 aromatic heterocycles. The molecule has 0 radical (unpaired) electrons. The average Bonchev–Trinajstić information content (AvgIpc) is 3.28. The number of piperidine rings is 1. The van der Waals surface area contributed by atoms with Gasteiger partial charge in [-0.05, 0) is 57.0 Å². The lowest BCUT2D eigenvalue weighted by Gasteiger charge is -2.21. The number of aromatic nitrogens is 2. The quantitative estimate of drug-likeness (QED) is 0.504. The molecule has 1 atom stereocenters. The second-order valence-corrected chi connectivity index (χ2v) is 9.53. The fraction of sp³-hybridized carbons (Fsp3) is 0.360. The highest BCUT2D eigenvalue weighted by Crippen LogP contribution is 2.34. The molecular weight excluding hydrogens is 420 g/mol. The van der Waals surface area contributed by atoms with E-state index in [1.54, 1.807) is 31.4 Å². The number of thiazole rings is 1. The normalized spacial score (nSPS) is 16.3. The van der Waals surface area contributed by atoms with Crippen molar-refractivity contribution in [2.24, 2.45) is 0 Å². The van der Waals surface area contributed by atoms with Gasteiger partial charge >= 0.3 is 0 Å². The highest BCUT2D eigenvalue weighted by Gasteiger charge is 2.19. The maximum atomic E-state index is 9.80. The van der Waals surface area contributed by atoms with Gasteiger partial charge in [0.05, 0.1) is 10.9 Å². The number of hydrogen-bond acceptors (Lipinski definition) is 7. The molecule has 1 aliphatic heterocycles. The van der Waals surface area contributed by atoms with Gasteiger partial charge in [0, 0.05) is 23.5 Å². The fourth-order valence-electron chi connectivity index (χ4n) is 3.48. The number of hydrogen-bond donors (Lipinski definition) is 3. The van der Waals surface area contributed by atoms with E-state index in [9.17, 15) is 5.11 Å². The van der Waals surface area contributed by atoms with Crippen molar-refractivity contribution in [2.45, 2.75) is 51.4 Å². The highest BCUT2D eigenvalue weighted by atomic mass is 32.1. The SMILES string of the molecule is CC(C)(O)C#Cc1cccc(COc2cc(-c3cnc(C4CCCCN4)s3)cnc2N)c1. The van der Waals surface area contributed by atoms with Gasteiger partial charge in [-0.2, -0.15) is 0 Å². The first-order valence-corrected chi connectivity index (χ1v) is 11.6. The van der Waals surface area contributed by atoms with Crippen LogP contribution in [0.2, 0.25) is 0 Å². The first-order valence-electron chi connectivity index (χ1n) is 10.8. The molecule has 0 amide bonds. The van der Waals surface area contributed by atoms with Crippen LogP contribution in [0.1, 0.15) is 55.3 Å². The van der Waals surface area contributed by atoms with E-state index in [4.69, 9.17) is 10.5 Å². The molecule has 4 rings (SSSR count). The van der Waals surface area contributed by atoms with Crippen molar-refractivity contribution in [3.05, 3.63) is 58.9 Å². The molecule has 7 heteroatoms. The number of benzene rings is 1. The lowest BCUT2D eigenvalue weighted by atomic mass is 10.1. The Morgan fingerprint density at radius 2 is 2.12 bits per heavy atom. The molecule has 166 valence electrons. The number of nitrogens with one attached hydrogen (secondary N) is 1. The molecule has 0 spiro atoms. The summed E-state index contributed by atoms with van der Waals surface area (Å²) in [6.45, 7) is 4.71. The summed E-state index contributed by atoms with van der Waals surface area (Å²) in [7, 11) is 0. The van der Waals surface area contributed by atoms with Crippen LogP contribution in [0, 0.1) is 11.8 Å². The molecule has 4 N–H and O–H groups in total. The Bertz CT molecular complexity index is 1130. The van der Waals surface area contributed by atoms with Crippen LogP contribution in [0.4, 0.5) is 5.82 Å². The van der Waals surface area contributed by atoms with Gasteiger partial charge in [0.25, 0.3) is 0 Å². The Balaban J connectivity index is 1.47. The average molecular weight is 449 g/mol. The van der Waals surface area contributed by atoms with Crippen LogP contribution in [0.5, 0.6) is 5.75 Å². The van der Waals surface area contributed by atoms with E-state index >= 15 is 0 Å². The van der Waals surface area contributed by atoms with E-state index in [1.807, 2.05) is 36.5 Å². The van der Waals surface area contributed by atoms with E-state index in [0.29, 0.717) is 24.2 Å². The predicted molar refractivity (Wildman–Crippen MR) is 128 cm³/mol. The van der Waals surface area contributed by atoms with Crippen molar-refractivity contribution in [2.75, 3.05) is 12.3 Å². The Hall–Kier alpha value is -2.92. The minimum absolute atomic E-state index is 0.340. The van der Waals surface area contributed by atoms with Crippen molar-refractivity contribution >= 4 is 17.2 Å². The summed E-state index contributed by atoms with van der Waals surface area (Å²) in [5, 5.41) is 14.5. The molecule has 1 fully saturated rings. The Labute approximate surface area is 192 Å². The first-order chi connectivity index (χ1) is 15.4. The van der Waals surface area contributed by atoms with E-state index in [-0.39, 0.29) is 0 Å². The zero-order chi connectivity index (χ0) is 22.6. The number of pyridine rings is 1. The predicted octanol–water partition coefficient (Wildman–Crippen LogP) is 4.30. The fourth-order valence-corrected chi connectivity index (χ4v) is 4.48. The van der Waals surface area contributed by atoms with E-state index in [2.05, 4.69) is 27.1 Å². The molecule has 0 aliphatic carbocycles. The van der Waals surface area contributed by atoms with Crippen LogP contribution in [-0.4, -0.2) is 27.2 Å². The Morgan fingerprint density at radius 1 is 1.25 bits per heavy atom. The lowest BCUT2D eigenvalue weighted by Crippen LogP contribution is -2.26. The molecule has 0 saturated carbocycles. The third-order valence-electron chi connectivity index (χ3n) is 5.13. The second kappa shape index (κ2) is 9.70. The number of anilines is 1. The number of nitrogen functional groups attached to an aromatic ring is 1. The third kappa shape index (κ3) is 5.86. The smallest absolute Gasteiger partial charge is 0.166 e. The maximum Gasteiger partial charge on any atom is 0.166 e. The summed E-state index contributed by atoms with van der Waals surface area (Å²) in [5.41, 5.74) is 7.76. The summed E-state index contributed by atoms with van der Waals surface area (Å²) in [4.78, 5) is 10.0. The number of aliphatic hydroxyl groups is 1. The highest BCUT2D eigenvalue weighted by molar-refractivity contribution is 7.15. The zero-order valence-electron chi connectivity index (χ0n) is 18.4. The van der Waals surface area contributed by atoms with Crippen LogP contribution < -0.4 is 15.8 Å². The Kier molecular flexibility index (Phi) is 6.75. The summed E-state index contributed by atoms with van der Waals surface area (Å²) in [6.07, 6.45) is 7.25. The van der Waals surface area contributed by atoms with Gasteiger partial charge in [0.1, 0.15) is 17.2 Å². The van der Waals surface area contributed by atoms with Crippen molar-refractivity contribution in [3.8, 4) is 28.0 Å². The van der Waals surface area contributed by atoms with Gasteiger partial charge in [-0.15, -0.1) is 11.3 Å². The topological polar surface area (TPSA) is 93.3 Å². The minimum atomic E-state index is -1.03.